The monoisotopic (exact) mass is 358 g/mol. The molecular formula is C17H15ClN4O3. The van der Waals surface area contributed by atoms with Gasteiger partial charge in [-0.3, -0.25) is 14.3 Å². The Morgan fingerprint density at radius 3 is 2.64 bits per heavy atom. The van der Waals surface area contributed by atoms with Gasteiger partial charge in [0, 0.05) is 24.7 Å². The molecule has 3 rings (SSSR count). The van der Waals surface area contributed by atoms with Crippen molar-refractivity contribution in [3.63, 3.8) is 0 Å². The van der Waals surface area contributed by atoms with Crippen LogP contribution in [-0.4, -0.2) is 21.6 Å². The van der Waals surface area contributed by atoms with Gasteiger partial charge >= 0.3 is 0 Å². The predicted octanol–water partition coefficient (Wildman–Crippen LogP) is 2.85. The molecule has 3 aromatic rings. The zero-order valence-corrected chi connectivity index (χ0v) is 14.1. The van der Waals surface area contributed by atoms with Crippen LogP contribution in [0.1, 0.15) is 26.6 Å². The number of rotatable bonds is 5. The average Bonchev–Trinajstić information content (AvgIpc) is 3.25. The van der Waals surface area contributed by atoms with Gasteiger partial charge in [-0.25, -0.2) is 0 Å². The average molecular weight is 359 g/mol. The SMILES string of the molecule is Cn1nc(C(=O)NCc2ccc(Cl)cc2)cc1NC(=O)c1ccco1. The van der Waals surface area contributed by atoms with Crippen LogP contribution in [0.25, 0.3) is 0 Å². The smallest absolute Gasteiger partial charge is 0.292 e. The number of hydrogen-bond donors (Lipinski definition) is 2. The van der Waals surface area contributed by atoms with E-state index in [-0.39, 0.29) is 17.4 Å². The van der Waals surface area contributed by atoms with Crippen molar-refractivity contribution < 1.29 is 14.0 Å². The first-order chi connectivity index (χ1) is 12.0. The van der Waals surface area contributed by atoms with Crippen LogP contribution in [0.5, 0.6) is 0 Å². The van der Waals surface area contributed by atoms with Crippen LogP contribution in [0.15, 0.2) is 53.1 Å². The zero-order chi connectivity index (χ0) is 17.8. The largest absolute Gasteiger partial charge is 0.459 e. The number of amides is 2. The summed E-state index contributed by atoms with van der Waals surface area (Å²) in [6.07, 6.45) is 1.41. The summed E-state index contributed by atoms with van der Waals surface area (Å²) in [5.41, 5.74) is 1.12. The van der Waals surface area contributed by atoms with Crippen LogP contribution >= 0.6 is 11.6 Å². The van der Waals surface area contributed by atoms with Gasteiger partial charge in [0.15, 0.2) is 11.5 Å². The number of nitrogens with zero attached hydrogens (tertiary/aromatic N) is 2. The van der Waals surface area contributed by atoms with Crippen molar-refractivity contribution in [3.8, 4) is 0 Å². The predicted molar refractivity (Wildman–Crippen MR) is 92.5 cm³/mol. The highest BCUT2D eigenvalue weighted by Gasteiger charge is 2.16. The van der Waals surface area contributed by atoms with Crippen LogP contribution < -0.4 is 10.6 Å². The van der Waals surface area contributed by atoms with E-state index in [4.69, 9.17) is 16.0 Å². The van der Waals surface area contributed by atoms with E-state index in [1.807, 2.05) is 12.1 Å². The van der Waals surface area contributed by atoms with E-state index in [1.165, 1.54) is 17.0 Å². The maximum atomic E-state index is 12.2. The lowest BCUT2D eigenvalue weighted by atomic mass is 10.2. The number of halogens is 1. The fraction of sp³-hybridized carbons (Fsp3) is 0.118. The normalized spacial score (nSPS) is 10.5. The summed E-state index contributed by atoms with van der Waals surface area (Å²) in [5, 5.41) is 10.2. The lowest BCUT2D eigenvalue weighted by Crippen LogP contribution is -2.23. The number of aromatic nitrogens is 2. The van der Waals surface area contributed by atoms with Crippen molar-refractivity contribution in [1.29, 1.82) is 0 Å². The summed E-state index contributed by atoms with van der Waals surface area (Å²) in [6.45, 7) is 0.348. The molecule has 2 aromatic heterocycles. The highest BCUT2D eigenvalue weighted by Crippen LogP contribution is 2.12. The molecule has 128 valence electrons. The second kappa shape index (κ2) is 7.23. The highest BCUT2D eigenvalue weighted by molar-refractivity contribution is 6.30. The molecule has 25 heavy (non-hydrogen) atoms. The second-order valence-corrected chi connectivity index (χ2v) is 5.72. The number of carbonyl (C=O) groups is 2. The molecule has 0 aliphatic rings. The molecule has 2 amide bonds. The third-order valence-electron chi connectivity index (χ3n) is 3.47. The molecule has 0 saturated carbocycles. The molecule has 0 saturated heterocycles. The van der Waals surface area contributed by atoms with Crippen LogP contribution in [0.3, 0.4) is 0 Å². The van der Waals surface area contributed by atoms with E-state index < -0.39 is 5.91 Å². The maximum Gasteiger partial charge on any atom is 0.292 e. The molecule has 0 spiro atoms. The first kappa shape index (κ1) is 16.8. The van der Waals surface area contributed by atoms with Gasteiger partial charge in [0.1, 0.15) is 5.82 Å². The van der Waals surface area contributed by atoms with Crippen molar-refractivity contribution >= 4 is 29.2 Å². The number of hydrogen-bond acceptors (Lipinski definition) is 4. The van der Waals surface area contributed by atoms with Crippen molar-refractivity contribution in [1.82, 2.24) is 15.1 Å². The zero-order valence-electron chi connectivity index (χ0n) is 13.3. The molecule has 0 atom stereocenters. The van der Waals surface area contributed by atoms with Gasteiger partial charge in [0.25, 0.3) is 11.8 Å². The topological polar surface area (TPSA) is 89.2 Å². The summed E-state index contributed by atoms with van der Waals surface area (Å²) in [5.74, 6) is -0.196. The highest BCUT2D eigenvalue weighted by atomic mass is 35.5. The Bertz CT molecular complexity index is 885. The molecule has 8 heteroatoms. The first-order valence-corrected chi connectivity index (χ1v) is 7.82. The Morgan fingerprint density at radius 2 is 1.96 bits per heavy atom. The molecular weight excluding hydrogens is 344 g/mol. The van der Waals surface area contributed by atoms with Gasteiger partial charge in [-0.05, 0) is 29.8 Å². The van der Waals surface area contributed by atoms with Crippen molar-refractivity contribution in [2.75, 3.05) is 5.32 Å². The van der Waals surface area contributed by atoms with E-state index in [0.29, 0.717) is 17.4 Å². The Kier molecular flexibility index (Phi) is 4.85. The fourth-order valence-electron chi connectivity index (χ4n) is 2.16. The second-order valence-electron chi connectivity index (χ2n) is 5.28. The van der Waals surface area contributed by atoms with Crippen LogP contribution in [0.2, 0.25) is 5.02 Å². The molecule has 2 heterocycles. The van der Waals surface area contributed by atoms with E-state index >= 15 is 0 Å². The van der Waals surface area contributed by atoms with E-state index in [0.717, 1.165) is 5.56 Å². The van der Waals surface area contributed by atoms with E-state index in [9.17, 15) is 9.59 Å². The quantitative estimate of drug-likeness (QED) is 0.734. The van der Waals surface area contributed by atoms with Gasteiger partial charge in [-0.2, -0.15) is 5.10 Å². The number of benzene rings is 1. The third-order valence-corrected chi connectivity index (χ3v) is 3.72. The molecule has 0 aliphatic carbocycles. The molecule has 0 fully saturated rings. The molecule has 0 radical (unpaired) electrons. The molecule has 2 N–H and O–H groups in total. The van der Waals surface area contributed by atoms with Gasteiger partial charge in [-0.1, -0.05) is 23.7 Å². The van der Waals surface area contributed by atoms with Gasteiger partial charge in [-0.15, -0.1) is 0 Å². The minimum Gasteiger partial charge on any atom is -0.459 e. The summed E-state index contributed by atoms with van der Waals surface area (Å²) in [6, 6.07) is 11.8. The lowest BCUT2D eigenvalue weighted by Gasteiger charge is -2.03. The molecule has 1 aromatic carbocycles. The summed E-state index contributed by atoms with van der Waals surface area (Å²) in [4.78, 5) is 24.2. The minimum atomic E-state index is -0.416. The van der Waals surface area contributed by atoms with Gasteiger partial charge in [0.2, 0.25) is 0 Å². The Morgan fingerprint density at radius 1 is 1.20 bits per heavy atom. The van der Waals surface area contributed by atoms with Crippen molar-refractivity contribution in [2.24, 2.45) is 7.05 Å². The Labute approximate surface area is 148 Å². The number of anilines is 1. The summed E-state index contributed by atoms with van der Waals surface area (Å²) >= 11 is 5.83. The first-order valence-electron chi connectivity index (χ1n) is 7.44. The summed E-state index contributed by atoms with van der Waals surface area (Å²) in [7, 11) is 1.63. The Balaban J connectivity index is 1.63. The number of furan rings is 1. The van der Waals surface area contributed by atoms with Crippen molar-refractivity contribution in [2.45, 2.75) is 6.54 Å². The molecule has 7 nitrogen and oxygen atoms in total. The minimum absolute atomic E-state index is 0.176. The third kappa shape index (κ3) is 4.07. The van der Waals surface area contributed by atoms with Crippen LogP contribution in [-0.2, 0) is 13.6 Å². The number of nitrogens with one attached hydrogen (secondary N) is 2. The Hall–Kier alpha value is -3.06. The van der Waals surface area contributed by atoms with Gasteiger partial charge < -0.3 is 15.1 Å². The van der Waals surface area contributed by atoms with Crippen LogP contribution in [0, 0.1) is 0 Å². The van der Waals surface area contributed by atoms with Crippen LogP contribution in [0.4, 0.5) is 5.82 Å². The van der Waals surface area contributed by atoms with Gasteiger partial charge in [0.05, 0.1) is 6.26 Å². The lowest BCUT2D eigenvalue weighted by molar-refractivity contribution is 0.0944. The molecule has 0 aliphatic heterocycles. The maximum absolute atomic E-state index is 12.2. The molecule has 0 bridgehead atoms. The molecule has 0 unspecified atom stereocenters. The van der Waals surface area contributed by atoms with E-state index in [2.05, 4.69) is 15.7 Å². The number of carbonyl (C=O) groups excluding carboxylic acids is 2. The number of aryl methyl sites for hydroxylation is 1. The standard InChI is InChI=1S/C17H15ClN4O3/c1-22-15(20-17(24)14-3-2-8-25-14)9-13(21-22)16(23)19-10-11-4-6-12(18)7-5-11/h2-9H,10H2,1H3,(H,19,23)(H,20,24). The van der Waals surface area contributed by atoms with E-state index in [1.54, 1.807) is 31.3 Å². The summed E-state index contributed by atoms with van der Waals surface area (Å²) < 4.78 is 6.44. The fourth-order valence-corrected chi connectivity index (χ4v) is 2.28. The van der Waals surface area contributed by atoms with Crippen molar-refractivity contribution in [3.05, 3.63) is 70.8 Å².